The van der Waals surface area contributed by atoms with Crippen molar-refractivity contribution in [1.29, 1.82) is 0 Å². The van der Waals surface area contributed by atoms with E-state index in [9.17, 15) is 0 Å². The van der Waals surface area contributed by atoms with Crippen LogP contribution < -0.4 is 4.57 Å². The van der Waals surface area contributed by atoms with Gasteiger partial charge in [-0.3, -0.25) is 0 Å². The Morgan fingerprint density at radius 3 is 2.21 bits per heavy atom. The molecule has 0 N–H and O–H groups in total. The van der Waals surface area contributed by atoms with Crippen LogP contribution in [0, 0.1) is 13.8 Å². The molecule has 2 rings (SSSR count). The van der Waals surface area contributed by atoms with Gasteiger partial charge in [-0.1, -0.05) is 32.9 Å². The second-order valence-electron chi connectivity index (χ2n) is 6.48. The van der Waals surface area contributed by atoms with E-state index >= 15 is 0 Å². The summed E-state index contributed by atoms with van der Waals surface area (Å²) in [6.45, 7) is 11.1. The second kappa shape index (κ2) is 4.80. The van der Waals surface area contributed by atoms with Crippen LogP contribution in [0.25, 0.3) is 11.3 Å². The van der Waals surface area contributed by atoms with Gasteiger partial charge in [0.05, 0.1) is 0 Å². The number of nitrogens with zero attached hydrogens (tertiary/aromatic N) is 1. The maximum atomic E-state index is 2.33. The van der Waals surface area contributed by atoms with E-state index in [1.54, 1.807) is 0 Å². The summed E-state index contributed by atoms with van der Waals surface area (Å²) in [6.07, 6.45) is 2.18. The number of hydrogen-bond acceptors (Lipinski definition) is 0. The van der Waals surface area contributed by atoms with E-state index in [0.717, 1.165) is 0 Å². The Hall–Kier alpha value is -1.63. The second-order valence-corrected chi connectivity index (χ2v) is 6.48. The Bertz CT molecular complexity index is 604. The molecule has 1 heterocycles. The van der Waals surface area contributed by atoms with Crippen molar-refractivity contribution in [3.8, 4) is 11.3 Å². The monoisotopic (exact) mass is 254 g/mol. The fourth-order valence-electron chi connectivity index (χ4n) is 2.39. The topological polar surface area (TPSA) is 3.88 Å². The van der Waals surface area contributed by atoms with Gasteiger partial charge in [-0.15, -0.1) is 0 Å². The highest BCUT2D eigenvalue weighted by atomic mass is 14.9. The predicted molar refractivity (Wildman–Crippen MR) is 81.2 cm³/mol. The summed E-state index contributed by atoms with van der Waals surface area (Å²) in [5.41, 5.74) is 6.78. The average molecular weight is 254 g/mol. The van der Waals surface area contributed by atoms with E-state index in [1.165, 1.54) is 27.9 Å². The van der Waals surface area contributed by atoms with Crippen molar-refractivity contribution >= 4 is 0 Å². The normalized spacial score (nSPS) is 11.7. The van der Waals surface area contributed by atoms with Crippen LogP contribution in [0.1, 0.15) is 37.5 Å². The SMILES string of the molecule is Cc1ccc(-c2cc(C(C)(C)C)ccc2C)[n+](C)c1. The smallest absolute Gasteiger partial charge is 0.201 e. The lowest BCUT2D eigenvalue weighted by molar-refractivity contribution is -0.660. The molecule has 0 saturated heterocycles. The number of hydrogen-bond donors (Lipinski definition) is 0. The molecule has 0 unspecified atom stereocenters. The van der Waals surface area contributed by atoms with Gasteiger partial charge in [0.15, 0.2) is 6.20 Å². The zero-order valence-electron chi connectivity index (χ0n) is 12.9. The van der Waals surface area contributed by atoms with Crippen LogP contribution in [0.3, 0.4) is 0 Å². The summed E-state index contributed by atoms with van der Waals surface area (Å²) >= 11 is 0. The molecule has 0 radical (unpaired) electrons. The Balaban J connectivity index is 2.61. The Morgan fingerprint density at radius 1 is 0.947 bits per heavy atom. The van der Waals surface area contributed by atoms with E-state index in [1.807, 2.05) is 0 Å². The van der Waals surface area contributed by atoms with Gasteiger partial charge in [0.2, 0.25) is 5.69 Å². The van der Waals surface area contributed by atoms with E-state index in [0.29, 0.717) is 0 Å². The van der Waals surface area contributed by atoms with Crippen molar-refractivity contribution in [1.82, 2.24) is 0 Å². The third-order valence-electron chi connectivity index (χ3n) is 3.66. The van der Waals surface area contributed by atoms with Gasteiger partial charge in [0.25, 0.3) is 0 Å². The van der Waals surface area contributed by atoms with Crippen LogP contribution in [0.5, 0.6) is 0 Å². The molecule has 2 aromatic rings. The molecule has 0 aliphatic rings. The molecule has 0 spiro atoms. The number of rotatable bonds is 1. The highest BCUT2D eigenvalue weighted by molar-refractivity contribution is 5.62. The standard InChI is InChI=1S/C18H24N/c1-13-7-10-17(19(6)12-13)16-11-15(18(3,4)5)9-8-14(16)2/h7-12H,1-6H3/q+1. The van der Waals surface area contributed by atoms with Crippen molar-refractivity contribution in [3.63, 3.8) is 0 Å². The average Bonchev–Trinajstić information content (AvgIpc) is 2.29. The van der Waals surface area contributed by atoms with Crippen molar-refractivity contribution in [3.05, 3.63) is 53.2 Å². The van der Waals surface area contributed by atoms with Crippen molar-refractivity contribution in [2.24, 2.45) is 7.05 Å². The molecule has 0 aliphatic heterocycles. The molecular formula is C18H24N+. The first-order valence-corrected chi connectivity index (χ1v) is 6.87. The molecule has 0 atom stereocenters. The van der Waals surface area contributed by atoms with Gasteiger partial charge in [0, 0.05) is 17.2 Å². The molecule has 19 heavy (non-hydrogen) atoms. The van der Waals surface area contributed by atoms with Crippen molar-refractivity contribution < 1.29 is 4.57 Å². The lowest BCUT2D eigenvalue weighted by Gasteiger charge is -2.20. The van der Waals surface area contributed by atoms with Crippen molar-refractivity contribution in [2.75, 3.05) is 0 Å². The molecule has 1 nitrogen and oxygen atoms in total. The molecule has 1 aromatic carbocycles. The highest BCUT2D eigenvalue weighted by Crippen LogP contribution is 2.28. The fourth-order valence-corrected chi connectivity index (χ4v) is 2.39. The number of aromatic nitrogens is 1. The van der Waals surface area contributed by atoms with E-state index in [-0.39, 0.29) is 5.41 Å². The van der Waals surface area contributed by atoms with Crippen LogP contribution in [0.15, 0.2) is 36.5 Å². The van der Waals surface area contributed by atoms with Gasteiger partial charge in [-0.25, -0.2) is 4.57 Å². The maximum absolute atomic E-state index is 2.33. The van der Waals surface area contributed by atoms with Gasteiger partial charge in [-0.2, -0.15) is 0 Å². The first-order chi connectivity index (χ1) is 8.79. The lowest BCUT2D eigenvalue weighted by atomic mass is 9.85. The van der Waals surface area contributed by atoms with Gasteiger partial charge in [-0.05, 0) is 42.5 Å². The van der Waals surface area contributed by atoms with Crippen LogP contribution in [0.4, 0.5) is 0 Å². The fraction of sp³-hybridized carbons (Fsp3) is 0.389. The number of pyridine rings is 1. The zero-order chi connectivity index (χ0) is 14.2. The van der Waals surface area contributed by atoms with Gasteiger partial charge >= 0.3 is 0 Å². The first-order valence-electron chi connectivity index (χ1n) is 6.87. The minimum atomic E-state index is 0.186. The molecule has 0 saturated carbocycles. The van der Waals surface area contributed by atoms with Crippen LogP contribution in [-0.2, 0) is 12.5 Å². The Kier molecular flexibility index (Phi) is 3.49. The van der Waals surface area contributed by atoms with Crippen molar-refractivity contribution in [2.45, 2.75) is 40.0 Å². The summed E-state index contributed by atoms with van der Waals surface area (Å²) in [5.74, 6) is 0. The maximum Gasteiger partial charge on any atom is 0.212 e. The molecule has 0 amide bonds. The van der Waals surface area contributed by atoms with E-state index in [4.69, 9.17) is 0 Å². The molecule has 0 aliphatic carbocycles. The minimum Gasteiger partial charge on any atom is -0.201 e. The summed E-state index contributed by atoms with van der Waals surface area (Å²) in [7, 11) is 2.12. The van der Waals surface area contributed by atoms with Crippen LogP contribution in [-0.4, -0.2) is 0 Å². The van der Waals surface area contributed by atoms with Gasteiger partial charge in [0.1, 0.15) is 7.05 Å². The summed E-state index contributed by atoms with van der Waals surface area (Å²) in [6, 6.07) is 11.2. The first kappa shape index (κ1) is 13.8. The van der Waals surface area contributed by atoms with Gasteiger partial charge < -0.3 is 0 Å². The number of aryl methyl sites for hydroxylation is 3. The van der Waals surface area contributed by atoms with E-state index < -0.39 is 0 Å². The third-order valence-corrected chi connectivity index (χ3v) is 3.66. The zero-order valence-corrected chi connectivity index (χ0v) is 12.9. The highest BCUT2D eigenvalue weighted by Gasteiger charge is 2.18. The summed E-state index contributed by atoms with van der Waals surface area (Å²) < 4.78 is 2.21. The largest absolute Gasteiger partial charge is 0.212 e. The molecule has 1 heteroatoms. The quantitative estimate of drug-likeness (QED) is 0.675. The predicted octanol–water partition coefficient (Wildman–Crippen LogP) is 4.09. The van der Waals surface area contributed by atoms with Crippen LogP contribution >= 0.6 is 0 Å². The summed E-state index contributed by atoms with van der Waals surface area (Å²) in [4.78, 5) is 0. The number of benzene rings is 1. The summed E-state index contributed by atoms with van der Waals surface area (Å²) in [5, 5.41) is 0. The lowest BCUT2D eigenvalue weighted by Crippen LogP contribution is -2.31. The molecular weight excluding hydrogens is 230 g/mol. The minimum absolute atomic E-state index is 0.186. The Morgan fingerprint density at radius 2 is 1.63 bits per heavy atom. The molecule has 0 fully saturated rings. The van der Waals surface area contributed by atoms with Crippen LogP contribution in [0.2, 0.25) is 0 Å². The van der Waals surface area contributed by atoms with E-state index in [2.05, 4.69) is 82.8 Å². The molecule has 100 valence electrons. The third kappa shape index (κ3) is 2.86. The molecule has 0 bridgehead atoms. The molecule has 1 aromatic heterocycles. The Labute approximate surface area is 116 Å².